The zero-order valence-electron chi connectivity index (χ0n) is 9.10. The Morgan fingerprint density at radius 2 is 2.25 bits per heavy atom. The third kappa shape index (κ3) is 3.22. The predicted octanol–water partition coefficient (Wildman–Crippen LogP) is -0.340. The van der Waals surface area contributed by atoms with Gasteiger partial charge in [-0.15, -0.1) is 0 Å². The van der Waals surface area contributed by atoms with Crippen LogP contribution in [0.1, 0.15) is 15.9 Å². The van der Waals surface area contributed by atoms with E-state index in [1.165, 1.54) is 0 Å². The summed E-state index contributed by atoms with van der Waals surface area (Å²) in [6.07, 6.45) is -0.938. The molecule has 0 fully saturated rings. The first-order chi connectivity index (χ1) is 7.54. The van der Waals surface area contributed by atoms with Gasteiger partial charge >= 0.3 is 0 Å². The van der Waals surface area contributed by atoms with Gasteiger partial charge in [0.2, 0.25) is 0 Å². The lowest BCUT2D eigenvalue weighted by atomic mass is 10.1. The van der Waals surface area contributed by atoms with E-state index in [0.29, 0.717) is 11.3 Å². The molecule has 88 valence electrons. The molecule has 5 nitrogen and oxygen atoms in total. The number of carbonyl (C=O) groups excluding carboxylic acids is 1. The number of aliphatic hydroxyl groups is 2. The van der Waals surface area contributed by atoms with Gasteiger partial charge in [0, 0.05) is 17.8 Å². The van der Waals surface area contributed by atoms with Crippen molar-refractivity contribution in [3.8, 4) is 0 Å². The van der Waals surface area contributed by atoms with Gasteiger partial charge in [0.15, 0.2) is 0 Å². The summed E-state index contributed by atoms with van der Waals surface area (Å²) in [6.45, 7) is 1.49. The average molecular weight is 224 g/mol. The van der Waals surface area contributed by atoms with Gasteiger partial charge in [-0.1, -0.05) is 6.07 Å². The number of hydrogen-bond acceptors (Lipinski definition) is 4. The minimum atomic E-state index is -0.938. The van der Waals surface area contributed by atoms with Crippen molar-refractivity contribution < 1.29 is 15.0 Å². The molecule has 1 aromatic carbocycles. The molecule has 0 radical (unpaired) electrons. The van der Waals surface area contributed by atoms with Gasteiger partial charge < -0.3 is 21.3 Å². The van der Waals surface area contributed by atoms with E-state index in [1.54, 1.807) is 18.2 Å². The molecule has 0 aliphatic heterocycles. The third-order valence-electron chi connectivity index (χ3n) is 2.25. The minimum absolute atomic E-state index is 0.0170. The molecule has 0 saturated heterocycles. The molecule has 0 aromatic heterocycles. The Morgan fingerprint density at radius 1 is 1.56 bits per heavy atom. The summed E-state index contributed by atoms with van der Waals surface area (Å²) in [5.41, 5.74) is 7.57. The Balaban J connectivity index is 2.63. The molecule has 1 rings (SSSR count). The van der Waals surface area contributed by atoms with Crippen LogP contribution in [0.25, 0.3) is 0 Å². The Bertz CT molecular complexity index is 379. The molecule has 16 heavy (non-hydrogen) atoms. The van der Waals surface area contributed by atoms with Crippen molar-refractivity contribution in [3.05, 3.63) is 29.3 Å². The maximum Gasteiger partial charge on any atom is 0.251 e. The van der Waals surface area contributed by atoms with Crippen LogP contribution in [0.3, 0.4) is 0 Å². The van der Waals surface area contributed by atoms with Crippen LogP contribution in [0.2, 0.25) is 0 Å². The molecule has 1 amide bonds. The predicted molar refractivity (Wildman–Crippen MR) is 61.0 cm³/mol. The first-order valence-electron chi connectivity index (χ1n) is 4.98. The molecule has 5 N–H and O–H groups in total. The van der Waals surface area contributed by atoms with Crippen LogP contribution >= 0.6 is 0 Å². The number of aliphatic hydroxyl groups excluding tert-OH is 2. The van der Waals surface area contributed by atoms with Gasteiger partial charge in [-0.25, -0.2) is 0 Å². The number of aryl methyl sites for hydroxylation is 1. The smallest absolute Gasteiger partial charge is 0.251 e. The number of amides is 1. The third-order valence-corrected chi connectivity index (χ3v) is 2.25. The summed E-state index contributed by atoms with van der Waals surface area (Å²) in [4.78, 5) is 11.6. The first kappa shape index (κ1) is 12.5. The highest BCUT2D eigenvalue weighted by molar-refractivity contribution is 5.95. The highest BCUT2D eigenvalue weighted by atomic mass is 16.3. The molecule has 0 bridgehead atoms. The van der Waals surface area contributed by atoms with E-state index in [0.717, 1.165) is 5.56 Å². The largest absolute Gasteiger partial charge is 0.398 e. The fourth-order valence-corrected chi connectivity index (χ4v) is 1.16. The van der Waals surface area contributed by atoms with Crippen LogP contribution in [-0.4, -0.2) is 35.4 Å². The van der Waals surface area contributed by atoms with E-state index < -0.39 is 6.10 Å². The van der Waals surface area contributed by atoms with Crippen LogP contribution in [0, 0.1) is 6.92 Å². The Kier molecular flexibility index (Phi) is 4.28. The molecule has 1 unspecified atom stereocenters. The highest BCUT2D eigenvalue weighted by Crippen LogP contribution is 2.12. The fraction of sp³-hybridized carbons (Fsp3) is 0.364. The number of nitrogen functional groups attached to an aromatic ring is 1. The minimum Gasteiger partial charge on any atom is -0.398 e. The monoisotopic (exact) mass is 224 g/mol. The Morgan fingerprint density at radius 3 is 2.81 bits per heavy atom. The molecule has 0 saturated carbocycles. The summed E-state index contributed by atoms with van der Waals surface area (Å²) in [5, 5.41) is 20.1. The van der Waals surface area contributed by atoms with E-state index in [-0.39, 0.29) is 19.1 Å². The van der Waals surface area contributed by atoms with Crippen molar-refractivity contribution in [3.63, 3.8) is 0 Å². The number of nitrogens with two attached hydrogens (primary N) is 1. The second kappa shape index (κ2) is 5.48. The molecule has 0 spiro atoms. The van der Waals surface area contributed by atoms with Crippen LogP contribution in [-0.2, 0) is 0 Å². The van der Waals surface area contributed by atoms with Gasteiger partial charge in [0.25, 0.3) is 5.91 Å². The van der Waals surface area contributed by atoms with E-state index in [4.69, 9.17) is 15.9 Å². The van der Waals surface area contributed by atoms with Crippen LogP contribution in [0.5, 0.6) is 0 Å². The maximum atomic E-state index is 11.6. The Hall–Kier alpha value is -1.59. The topological polar surface area (TPSA) is 95.6 Å². The molecule has 1 atom stereocenters. The number of rotatable bonds is 4. The van der Waals surface area contributed by atoms with Crippen molar-refractivity contribution >= 4 is 11.6 Å². The number of hydrogen-bond donors (Lipinski definition) is 4. The molecular formula is C11H16N2O3. The van der Waals surface area contributed by atoms with Gasteiger partial charge in [-0.2, -0.15) is 0 Å². The maximum absolute atomic E-state index is 11.6. The molecule has 5 heteroatoms. The lowest BCUT2D eigenvalue weighted by molar-refractivity contribution is 0.0802. The van der Waals surface area contributed by atoms with E-state index in [2.05, 4.69) is 5.32 Å². The quantitative estimate of drug-likeness (QED) is 0.526. The van der Waals surface area contributed by atoms with Crippen LogP contribution in [0.15, 0.2) is 18.2 Å². The van der Waals surface area contributed by atoms with Crippen molar-refractivity contribution in [1.82, 2.24) is 5.32 Å². The van der Waals surface area contributed by atoms with E-state index >= 15 is 0 Å². The van der Waals surface area contributed by atoms with Gasteiger partial charge in [0.1, 0.15) is 0 Å². The molecular weight excluding hydrogens is 208 g/mol. The van der Waals surface area contributed by atoms with Crippen molar-refractivity contribution in [1.29, 1.82) is 0 Å². The van der Waals surface area contributed by atoms with Crippen molar-refractivity contribution in [2.45, 2.75) is 13.0 Å². The fourth-order valence-electron chi connectivity index (χ4n) is 1.16. The number of anilines is 1. The van der Waals surface area contributed by atoms with Gasteiger partial charge in [-0.3, -0.25) is 4.79 Å². The summed E-state index contributed by atoms with van der Waals surface area (Å²) >= 11 is 0. The highest BCUT2D eigenvalue weighted by Gasteiger charge is 2.08. The molecule has 1 aromatic rings. The zero-order valence-corrected chi connectivity index (χ0v) is 9.10. The number of nitrogens with one attached hydrogen (secondary N) is 1. The first-order valence-corrected chi connectivity index (χ1v) is 4.98. The van der Waals surface area contributed by atoms with Gasteiger partial charge in [-0.05, 0) is 24.6 Å². The molecule has 0 heterocycles. The number of carbonyl (C=O) groups is 1. The van der Waals surface area contributed by atoms with Crippen molar-refractivity contribution in [2.75, 3.05) is 18.9 Å². The second-order valence-electron chi connectivity index (χ2n) is 3.62. The average Bonchev–Trinajstić information content (AvgIpc) is 2.29. The normalized spacial score (nSPS) is 12.2. The van der Waals surface area contributed by atoms with Crippen molar-refractivity contribution in [2.24, 2.45) is 0 Å². The number of benzene rings is 1. The standard InChI is InChI=1S/C11H16N2O3/c1-7-2-3-8(4-10(7)12)11(16)13-5-9(15)6-14/h2-4,9,14-15H,5-6,12H2,1H3,(H,13,16). The van der Waals surface area contributed by atoms with Crippen LogP contribution < -0.4 is 11.1 Å². The van der Waals surface area contributed by atoms with Gasteiger partial charge in [0.05, 0.1) is 12.7 Å². The molecule has 0 aliphatic rings. The summed E-state index contributed by atoms with van der Waals surface area (Å²) in [7, 11) is 0. The summed E-state index contributed by atoms with van der Waals surface area (Å²) < 4.78 is 0. The molecule has 0 aliphatic carbocycles. The summed E-state index contributed by atoms with van der Waals surface area (Å²) in [5.74, 6) is -0.320. The zero-order chi connectivity index (χ0) is 12.1. The van der Waals surface area contributed by atoms with E-state index in [9.17, 15) is 4.79 Å². The van der Waals surface area contributed by atoms with Crippen LogP contribution in [0.4, 0.5) is 5.69 Å². The summed E-state index contributed by atoms with van der Waals surface area (Å²) in [6, 6.07) is 5.00. The second-order valence-corrected chi connectivity index (χ2v) is 3.62. The lowest BCUT2D eigenvalue weighted by Crippen LogP contribution is -2.33. The Labute approximate surface area is 93.9 Å². The van der Waals surface area contributed by atoms with E-state index in [1.807, 2.05) is 6.92 Å². The lowest BCUT2D eigenvalue weighted by Gasteiger charge is -2.09. The SMILES string of the molecule is Cc1ccc(C(=O)NCC(O)CO)cc1N.